The van der Waals surface area contributed by atoms with Gasteiger partial charge in [0.1, 0.15) is 0 Å². The molecule has 0 aliphatic heterocycles. The van der Waals surface area contributed by atoms with Crippen molar-refractivity contribution < 1.29 is 13.2 Å². The molecule has 0 radical (unpaired) electrons. The number of nitrogens with zero attached hydrogens (tertiary/aromatic N) is 1. The third-order valence-corrected chi connectivity index (χ3v) is 8.14. The van der Waals surface area contributed by atoms with Crippen molar-refractivity contribution in [3.63, 3.8) is 0 Å². The van der Waals surface area contributed by atoms with E-state index in [9.17, 15) is 13.2 Å². The largest absolute Gasteiger partial charge is 0.347 e. The molecule has 0 spiro atoms. The lowest BCUT2D eigenvalue weighted by Gasteiger charge is -2.56. The summed E-state index contributed by atoms with van der Waals surface area (Å²) in [7, 11) is -0.455. The van der Waals surface area contributed by atoms with E-state index in [0.29, 0.717) is 5.56 Å². The third kappa shape index (κ3) is 2.99. The molecule has 4 aliphatic rings. The maximum Gasteiger partial charge on any atom is 0.251 e. The number of hydrogen-bond acceptors (Lipinski definition) is 3. The number of sulfonamides is 1. The molecule has 0 atom stereocenters. The highest BCUT2D eigenvalue weighted by molar-refractivity contribution is 7.89. The number of rotatable bonds is 4. The van der Waals surface area contributed by atoms with Gasteiger partial charge in [-0.05, 0) is 80.5 Å². The second-order valence-corrected chi connectivity index (χ2v) is 10.6. The van der Waals surface area contributed by atoms with Crippen molar-refractivity contribution in [2.75, 3.05) is 14.1 Å². The maximum absolute atomic E-state index is 12.8. The molecule has 136 valence electrons. The van der Waals surface area contributed by atoms with Crippen LogP contribution < -0.4 is 5.32 Å². The zero-order valence-electron chi connectivity index (χ0n) is 14.9. The minimum atomic E-state index is -3.46. The summed E-state index contributed by atoms with van der Waals surface area (Å²) < 4.78 is 25.5. The van der Waals surface area contributed by atoms with E-state index in [1.54, 1.807) is 12.1 Å². The molecule has 5 nitrogen and oxygen atoms in total. The smallest absolute Gasteiger partial charge is 0.251 e. The van der Waals surface area contributed by atoms with E-state index < -0.39 is 10.0 Å². The lowest BCUT2D eigenvalue weighted by Crippen LogP contribution is -2.59. The van der Waals surface area contributed by atoms with Crippen LogP contribution in [0.2, 0.25) is 0 Å². The molecule has 0 aromatic heterocycles. The predicted octanol–water partition coefficient (Wildman–Crippen LogP) is 2.64. The van der Waals surface area contributed by atoms with Crippen molar-refractivity contribution in [2.45, 2.75) is 49.0 Å². The second kappa shape index (κ2) is 5.81. The fraction of sp³-hybridized carbons (Fsp3) is 0.632. The normalized spacial score (nSPS) is 33.6. The molecular weight excluding hydrogens is 336 g/mol. The van der Waals surface area contributed by atoms with Gasteiger partial charge in [0.2, 0.25) is 10.0 Å². The van der Waals surface area contributed by atoms with Gasteiger partial charge in [0.15, 0.2) is 0 Å². The first kappa shape index (κ1) is 17.0. The van der Waals surface area contributed by atoms with Crippen LogP contribution in [0.15, 0.2) is 29.2 Å². The second-order valence-electron chi connectivity index (χ2n) is 8.46. The number of nitrogens with one attached hydrogen (secondary N) is 1. The summed E-state index contributed by atoms with van der Waals surface area (Å²) in [5.74, 6) is 2.26. The summed E-state index contributed by atoms with van der Waals surface area (Å²) in [6.07, 6.45) is 7.35. The number of benzene rings is 1. The Bertz CT molecular complexity index is 748. The Morgan fingerprint density at radius 3 is 1.92 bits per heavy atom. The van der Waals surface area contributed by atoms with Crippen LogP contribution in [0, 0.1) is 17.8 Å². The molecule has 5 rings (SSSR count). The first-order valence-electron chi connectivity index (χ1n) is 9.12. The maximum atomic E-state index is 12.8. The van der Waals surface area contributed by atoms with Gasteiger partial charge in [0, 0.05) is 25.2 Å². The van der Waals surface area contributed by atoms with Crippen molar-refractivity contribution in [3.05, 3.63) is 29.8 Å². The Kier molecular flexibility index (Phi) is 3.96. The van der Waals surface area contributed by atoms with E-state index >= 15 is 0 Å². The zero-order chi connectivity index (χ0) is 17.8. The Balaban J connectivity index is 1.50. The Labute approximate surface area is 149 Å². The first-order chi connectivity index (χ1) is 11.8. The van der Waals surface area contributed by atoms with Crippen molar-refractivity contribution >= 4 is 15.9 Å². The molecule has 25 heavy (non-hydrogen) atoms. The van der Waals surface area contributed by atoms with Gasteiger partial charge in [-0.3, -0.25) is 4.79 Å². The van der Waals surface area contributed by atoms with Crippen LogP contribution in [-0.4, -0.2) is 38.3 Å². The van der Waals surface area contributed by atoms with Crippen LogP contribution in [0.5, 0.6) is 0 Å². The number of carbonyl (C=O) groups excluding carboxylic acids is 1. The molecule has 6 heteroatoms. The van der Waals surface area contributed by atoms with Gasteiger partial charge in [0.25, 0.3) is 5.91 Å². The minimum absolute atomic E-state index is 0.0276. The lowest BCUT2D eigenvalue weighted by atomic mass is 9.53. The Hall–Kier alpha value is -1.40. The molecule has 0 saturated heterocycles. The van der Waals surface area contributed by atoms with Gasteiger partial charge in [-0.2, -0.15) is 0 Å². The quantitative estimate of drug-likeness (QED) is 0.895. The van der Waals surface area contributed by atoms with Crippen molar-refractivity contribution in [1.29, 1.82) is 0 Å². The molecule has 4 saturated carbocycles. The fourth-order valence-electron chi connectivity index (χ4n) is 5.57. The van der Waals surface area contributed by atoms with Gasteiger partial charge in [-0.25, -0.2) is 12.7 Å². The summed E-state index contributed by atoms with van der Waals surface area (Å²) >= 11 is 0. The third-order valence-electron chi connectivity index (χ3n) is 6.31. The van der Waals surface area contributed by atoms with E-state index in [2.05, 4.69) is 5.32 Å². The Morgan fingerprint density at radius 1 is 1.00 bits per heavy atom. The highest BCUT2D eigenvalue weighted by Gasteiger charge is 2.51. The summed E-state index contributed by atoms with van der Waals surface area (Å²) in [4.78, 5) is 13.0. The van der Waals surface area contributed by atoms with E-state index in [-0.39, 0.29) is 16.3 Å². The summed E-state index contributed by atoms with van der Waals surface area (Å²) in [6, 6.07) is 6.27. The van der Waals surface area contributed by atoms with E-state index in [1.807, 2.05) is 0 Å². The van der Waals surface area contributed by atoms with E-state index in [4.69, 9.17) is 0 Å². The van der Waals surface area contributed by atoms with E-state index in [0.717, 1.165) is 37.0 Å². The molecule has 1 amide bonds. The molecule has 4 bridgehead atoms. The van der Waals surface area contributed by atoms with Crippen molar-refractivity contribution in [1.82, 2.24) is 9.62 Å². The molecule has 1 aromatic rings. The molecule has 4 fully saturated rings. The number of carbonyl (C=O) groups is 1. The fourth-order valence-corrected chi connectivity index (χ4v) is 6.47. The van der Waals surface area contributed by atoms with Crippen molar-refractivity contribution in [2.24, 2.45) is 17.8 Å². The van der Waals surface area contributed by atoms with Gasteiger partial charge >= 0.3 is 0 Å². The van der Waals surface area contributed by atoms with Gasteiger partial charge in [-0.15, -0.1) is 0 Å². The lowest BCUT2D eigenvalue weighted by molar-refractivity contribution is -0.0167. The SMILES string of the molecule is CN(C)S(=O)(=O)c1ccc(C(=O)NC23CC4CC(CC(C4)C2)C3)cc1. The number of amides is 1. The van der Waals surface area contributed by atoms with Crippen LogP contribution in [0.4, 0.5) is 0 Å². The van der Waals surface area contributed by atoms with Crippen LogP contribution in [-0.2, 0) is 10.0 Å². The standard InChI is InChI=1S/C19H26N2O3S/c1-21(2)25(23,24)17-5-3-16(4-6-17)18(22)20-19-10-13-7-14(11-19)9-15(8-13)12-19/h3-6,13-15H,7-12H2,1-2H3,(H,20,22). The summed E-state index contributed by atoms with van der Waals surface area (Å²) in [5.41, 5.74) is 0.508. The van der Waals surface area contributed by atoms with Crippen LogP contribution in [0.3, 0.4) is 0 Å². The molecule has 1 aromatic carbocycles. The monoisotopic (exact) mass is 362 g/mol. The molecule has 0 heterocycles. The average molecular weight is 362 g/mol. The van der Waals surface area contributed by atoms with Gasteiger partial charge in [0.05, 0.1) is 4.90 Å². The molecule has 0 unspecified atom stereocenters. The molecule has 1 N–H and O–H groups in total. The van der Waals surface area contributed by atoms with Crippen LogP contribution in [0.1, 0.15) is 48.9 Å². The highest BCUT2D eigenvalue weighted by Crippen LogP contribution is 2.55. The van der Waals surface area contributed by atoms with Gasteiger partial charge < -0.3 is 5.32 Å². The first-order valence-corrected chi connectivity index (χ1v) is 10.6. The van der Waals surface area contributed by atoms with Crippen LogP contribution >= 0.6 is 0 Å². The number of hydrogen-bond donors (Lipinski definition) is 1. The minimum Gasteiger partial charge on any atom is -0.347 e. The molecular formula is C19H26N2O3S. The van der Waals surface area contributed by atoms with Gasteiger partial charge in [-0.1, -0.05) is 0 Å². The van der Waals surface area contributed by atoms with E-state index in [1.165, 1.54) is 49.8 Å². The average Bonchev–Trinajstić information content (AvgIpc) is 2.53. The summed E-state index contributed by atoms with van der Waals surface area (Å²) in [5, 5.41) is 3.32. The Morgan fingerprint density at radius 2 is 1.48 bits per heavy atom. The summed E-state index contributed by atoms with van der Waals surface area (Å²) in [6.45, 7) is 0. The van der Waals surface area contributed by atoms with Crippen LogP contribution in [0.25, 0.3) is 0 Å². The highest BCUT2D eigenvalue weighted by atomic mass is 32.2. The topological polar surface area (TPSA) is 66.5 Å². The molecule has 4 aliphatic carbocycles. The zero-order valence-corrected chi connectivity index (χ0v) is 15.7. The predicted molar refractivity (Wildman–Crippen MR) is 95.7 cm³/mol. The van der Waals surface area contributed by atoms with Crippen molar-refractivity contribution in [3.8, 4) is 0 Å².